The van der Waals surface area contributed by atoms with E-state index >= 15 is 0 Å². The van der Waals surface area contributed by atoms with Gasteiger partial charge >= 0.3 is 6.03 Å². The molecule has 13 heteroatoms. The Bertz CT molecular complexity index is 1360. The summed E-state index contributed by atoms with van der Waals surface area (Å²) in [5, 5.41) is 4.99. The second-order valence-corrected chi connectivity index (χ2v) is 12.6. The molecule has 0 bridgehead atoms. The third-order valence-corrected chi connectivity index (χ3v) is 10.1. The van der Waals surface area contributed by atoms with Gasteiger partial charge in [-0.2, -0.15) is 4.31 Å². The number of benzene rings is 1. The summed E-state index contributed by atoms with van der Waals surface area (Å²) in [6.45, 7) is 2.14. The summed E-state index contributed by atoms with van der Waals surface area (Å²) in [6.07, 6.45) is 5.16. The SMILES string of the molecule is CC(=O)N1CCc2c(sc(NC(=O)c3ccc(S(=O)(=O)N(C)C4CCCCC4)cc3)c2C(=O)NC(N)=O)C1. The molecule has 0 atom stereocenters. The molecule has 0 radical (unpaired) electrons. The number of rotatable bonds is 6. The first-order valence-corrected chi connectivity index (χ1v) is 14.6. The van der Waals surface area contributed by atoms with Crippen molar-refractivity contribution in [2.24, 2.45) is 5.73 Å². The number of carbonyl (C=O) groups is 4. The number of hydrogen-bond donors (Lipinski definition) is 3. The Labute approximate surface area is 225 Å². The van der Waals surface area contributed by atoms with Crippen molar-refractivity contribution in [3.63, 3.8) is 0 Å². The molecule has 1 aliphatic heterocycles. The Balaban J connectivity index is 1.56. The summed E-state index contributed by atoms with van der Waals surface area (Å²) < 4.78 is 27.7. The van der Waals surface area contributed by atoms with Crippen LogP contribution in [-0.2, 0) is 27.8 Å². The highest BCUT2D eigenvalue weighted by Crippen LogP contribution is 2.37. The number of nitrogens with two attached hydrogens (primary N) is 1. The molecule has 11 nitrogen and oxygen atoms in total. The zero-order chi connectivity index (χ0) is 27.6. The topological polar surface area (TPSA) is 159 Å². The second-order valence-electron chi connectivity index (χ2n) is 9.51. The number of sulfonamides is 1. The molecule has 5 amide bonds. The van der Waals surface area contributed by atoms with Crippen LogP contribution in [0.15, 0.2) is 29.2 Å². The number of thiophene rings is 1. The van der Waals surface area contributed by atoms with Gasteiger partial charge < -0.3 is 16.0 Å². The molecule has 4 N–H and O–H groups in total. The number of fused-ring (bicyclic) bond motifs is 1. The third kappa shape index (κ3) is 5.74. The van der Waals surface area contributed by atoms with Crippen LogP contribution in [0.3, 0.4) is 0 Å². The van der Waals surface area contributed by atoms with E-state index in [1.165, 1.54) is 35.5 Å². The van der Waals surface area contributed by atoms with Gasteiger partial charge in [-0.25, -0.2) is 13.2 Å². The largest absolute Gasteiger partial charge is 0.351 e. The van der Waals surface area contributed by atoms with E-state index in [0.29, 0.717) is 18.5 Å². The van der Waals surface area contributed by atoms with Crippen LogP contribution in [0.5, 0.6) is 0 Å². The van der Waals surface area contributed by atoms with Gasteiger partial charge in [-0.05, 0) is 49.1 Å². The van der Waals surface area contributed by atoms with Crippen molar-refractivity contribution >= 4 is 50.1 Å². The molecular formula is C25H31N5O6S2. The van der Waals surface area contributed by atoms with Gasteiger partial charge in [-0.15, -0.1) is 11.3 Å². The highest BCUT2D eigenvalue weighted by Gasteiger charge is 2.31. The maximum absolute atomic E-state index is 13.1. The summed E-state index contributed by atoms with van der Waals surface area (Å²) in [5.74, 6) is -1.40. The van der Waals surface area contributed by atoms with Crippen molar-refractivity contribution < 1.29 is 27.6 Å². The fourth-order valence-electron chi connectivity index (χ4n) is 4.94. The van der Waals surface area contributed by atoms with E-state index in [0.717, 1.165) is 48.3 Å². The molecule has 38 heavy (non-hydrogen) atoms. The van der Waals surface area contributed by atoms with Crippen molar-refractivity contribution in [3.8, 4) is 0 Å². The number of imide groups is 1. The molecule has 204 valence electrons. The predicted octanol–water partition coefficient (Wildman–Crippen LogP) is 2.67. The summed E-state index contributed by atoms with van der Waals surface area (Å²) in [5.41, 5.74) is 6.11. The van der Waals surface area contributed by atoms with Gasteiger partial charge in [0.15, 0.2) is 0 Å². The molecule has 0 spiro atoms. The standard InChI is InChI=1S/C25H31N5O6S2/c1-15(31)30-13-12-19-20(14-30)37-24(21(19)23(33)28-25(26)34)27-22(32)16-8-10-18(11-9-16)38(35,36)29(2)17-6-4-3-5-7-17/h8-11,17H,3-7,12-14H2,1-2H3,(H,27,32)(H3,26,28,33,34). The molecule has 1 saturated carbocycles. The van der Waals surface area contributed by atoms with Gasteiger partial charge in [-0.3, -0.25) is 19.7 Å². The number of amides is 5. The van der Waals surface area contributed by atoms with E-state index in [4.69, 9.17) is 5.73 Å². The zero-order valence-corrected chi connectivity index (χ0v) is 22.9. The van der Waals surface area contributed by atoms with E-state index in [9.17, 15) is 27.6 Å². The van der Waals surface area contributed by atoms with E-state index in [1.807, 2.05) is 5.32 Å². The van der Waals surface area contributed by atoms with Crippen LogP contribution in [0.1, 0.15) is 70.2 Å². The highest BCUT2D eigenvalue weighted by molar-refractivity contribution is 7.89. The van der Waals surface area contributed by atoms with Crippen molar-refractivity contribution in [1.29, 1.82) is 0 Å². The van der Waals surface area contributed by atoms with Crippen LogP contribution < -0.4 is 16.4 Å². The molecule has 2 heterocycles. The minimum atomic E-state index is -3.71. The minimum absolute atomic E-state index is 0.0366. The van der Waals surface area contributed by atoms with Gasteiger partial charge in [0.25, 0.3) is 11.8 Å². The molecule has 0 saturated heterocycles. The number of urea groups is 1. The van der Waals surface area contributed by atoms with Crippen LogP contribution in [-0.4, -0.2) is 61.0 Å². The van der Waals surface area contributed by atoms with Gasteiger partial charge in [0, 0.05) is 37.0 Å². The summed E-state index contributed by atoms with van der Waals surface area (Å²) in [6, 6.07) is 4.58. The first kappa shape index (κ1) is 27.7. The first-order valence-electron chi connectivity index (χ1n) is 12.4. The average molecular weight is 562 g/mol. The zero-order valence-electron chi connectivity index (χ0n) is 21.3. The number of nitrogens with zero attached hydrogens (tertiary/aromatic N) is 2. The number of carbonyl (C=O) groups excluding carboxylic acids is 4. The van der Waals surface area contributed by atoms with Crippen molar-refractivity contribution in [3.05, 3.63) is 45.8 Å². The molecular weight excluding hydrogens is 530 g/mol. The highest BCUT2D eigenvalue weighted by atomic mass is 32.2. The smallest absolute Gasteiger partial charge is 0.319 e. The van der Waals surface area contributed by atoms with Gasteiger partial charge in [0.1, 0.15) is 5.00 Å². The Morgan fingerprint density at radius 3 is 2.32 bits per heavy atom. The summed E-state index contributed by atoms with van der Waals surface area (Å²) in [4.78, 5) is 51.5. The molecule has 2 aromatic rings. The fraction of sp³-hybridized carbons (Fsp3) is 0.440. The molecule has 2 aliphatic rings. The third-order valence-electron chi connectivity index (χ3n) is 7.08. The van der Waals surface area contributed by atoms with Crippen LogP contribution in [0.4, 0.5) is 9.80 Å². The Hall–Kier alpha value is -3.29. The van der Waals surface area contributed by atoms with Crippen molar-refractivity contribution in [2.75, 3.05) is 18.9 Å². The second kappa shape index (κ2) is 11.2. The maximum Gasteiger partial charge on any atom is 0.319 e. The average Bonchev–Trinajstić information content (AvgIpc) is 3.25. The van der Waals surface area contributed by atoms with Crippen molar-refractivity contribution in [2.45, 2.75) is 62.9 Å². The Morgan fingerprint density at radius 1 is 1.05 bits per heavy atom. The van der Waals surface area contributed by atoms with Gasteiger partial charge in [-0.1, -0.05) is 19.3 Å². The number of hydrogen-bond acceptors (Lipinski definition) is 7. The number of primary amides is 1. The minimum Gasteiger partial charge on any atom is -0.351 e. The van der Waals surface area contributed by atoms with E-state index in [-0.39, 0.29) is 39.5 Å². The molecule has 1 aromatic carbocycles. The van der Waals surface area contributed by atoms with E-state index < -0.39 is 27.9 Å². The van der Waals surface area contributed by atoms with Crippen LogP contribution in [0.2, 0.25) is 0 Å². The monoisotopic (exact) mass is 561 g/mol. The van der Waals surface area contributed by atoms with E-state index in [1.54, 1.807) is 11.9 Å². The predicted molar refractivity (Wildman–Crippen MR) is 142 cm³/mol. The lowest BCUT2D eigenvalue weighted by Crippen LogP contribution is -2.38. The Morgan fingerprint density at radius 2 is 1.71 bits per heavy atom. The summed E-state index contributed by atoms with van der Waals surface area (Å²) in [7, 11) is -2.12. The van der Waals surface area contributed by atoms with Crippen LogP contribution in [0, 0.1) is 0 Å². The first-order chi connectivity index (χ1) is 18.0. The van der Waals surface area contributed by atoms with E-state index in [2.05, 4.69) is 5.32 Å². The lowest BCUT2D eigenvalue weighted by molar-refractivity contribution is -0.129. The lowest BCUT2D eigenvalue weighted by Gasteiger charge is -2.30. The fourth-order valence-corrected chi connectivity index (χ4v) is 7.61. The number of nitrogens with one attached hydrogen (secondary N) is 2. The lowest BCUT2D eigenvalue weighted by atomic mass is 9.96. The number of anilines is 1. The summed E-state index contributed by atoms with van der Waals surface area (Å²) >= 11 is 1.15. The normalized spacial score (nSPS) is 16.1. The molecule has 1 aliphatic carbocycles. The molecule has 1 aromatic heterocycles. The van der Waals surface area contributed by atoms with Crippen molar-refractivity contribution in [1.82, 2.24) is 14.5 Å². The Kier molecular flexibility index (Phi) is 8.19. The maximum atomic E-state index is 13.1. The quantitative estimate of drug-likeness (QED) is 0.492. The van der Waals surface area contributed by atoms with Gasteiger partial charge in [0.05, 0.1) is 17.0 Å². The van der Waals surface area contributed by atoms with Crippen LogP contribution >= 0.6 is 11.3 Å². The molecule has 1 fully saturated rings. The molecule has 0 unspecified atom stereocenters. The molecule has 4 rings (SSSR count). The van der Waals surface area contributed by atoms with Crippen LogP contribution in [0.25, 0.3) is 0 Å². The van der Waals surface area contributed by atoms with Gasteiger partial charge in [0.2, 0.25) is 15.9 Å².